The molecule has 0 spiro atoms. The average molecular weight is 276 g/mol. The van der Waals surface area contributed by atoms with Gasteiger partial charge in [0.25, 0.3) is 0 Å². The summed E-state index contributed by atoms with van der Waals surface area (Å²) >= 11 is 0. The lowest BCUT2D eigenvalue weighted by atomic mass is 10.3. The Morgan fingerprint density at radius 3 is 2.74 bits per heavy atom. The van der Waals surface area contributed by atoms with Crippen molar-refractivity contribution in [2.45, 2.75) is 19.0 Å². The van der Waals surface area contributed by atoms with E-state index < -0.39 is 24.9 Å². The first-order chi connectivity index (χ1) is 8.87. The number of carbonyl (C=O) groups excluding carboxylic acids is 1. The second kappa shape index (κ2) is 6.86. The van der Waals surface area contributed by atoms with Gasteiger partial charge in [0.1, 0.15) is 12.4 Å². The van der Waals surface area contributed by atoms with Gasteiger partial charge in [-0.3, -0.25) is 4.79 Å². The van der Waals surface area contributed by atoms with Crippen LogP contribution >= 0.6 is 0 Å². The Balaban J connectivity index is 2.15. The maximum Gasteiger partial charge on any atom is 0.389 e. The molecule has 0 aliphatic carbocycles. The number of nitrogen functional groups attached to an aromatic ring is 1. The molecule has 0 bridgehead atoms. The maximum absolute atomic E-state index is 11.8. The van der Waals surface area contributed by atoms with Crippen molar-refractivity contribution in [1.29, 1.82) is 0 Å². The predicted molar refractivity (Wildman–Crippen MR) is 64.6 cm³/mol. The highest BCUT2D eigenvalue weighted by atomic mass is 19.4. The second-order valence-electron chi connectivity index (χ2n) is 3.89. The number of benzene rings is 1. The molecule has 0 aromatic heterocycles. The van der Waals surface area contributed by atoms with Crippen LogP contribution in [0.25, 0.3) is 0 Å². The molecule has 0 saturated carbocycles. The molecule has 1 aromatic rings. The van der Waals surface area contributed by atoms with Crippen LogP contribution in [0.3, 0.4) is 0 Å². The fourth-order valence-corrected chi connectivity index (χ4v) is 1.31. The number of hydrogen-bond acceptors (Lipinski definition) is 3. The zero-order valence-corrected chi connectivity index (χ0v) is 10.2. The number of carbonyl (C=O) groups is 1. The van der Waals surface area contributed by atoms with E-state index in [0.29, 0.717) is 11.4 Å². The Morgan fingerprint density at radius 1 is 1.37 bits per heavy atom. The number of amides is 1. The number of alkyl halides is 3. The normalized spacial score (nSPS) is 11.1. The number of ether oxygens (including phenoxy) is 1. The standard InChI is InChI=1S/C12H15F3N2O2/c13-12(14,15)5-4-11(18)17-6-7-19-10-3-1-2-9(16)8-10/h1-3,8H,4-7,16H2,(H,17,18). The molecule has 1 aromatic carbocycles. The van der Waals surface area contributed by atoms with E-state index in [1.54, 1.807) is 24.3 Å². The molecule has 0 saturated heterocycles. The first-order valence-electron chi connectivity index (χ1n) is 5.68. The van der Waals surface area contributed by atoms with Crippen LogP contribution in [-0.2, 0) is 4.79 Å². The molecule has 3 N–H and O–H groups in total. The Labute approximate surface area is 108 Å². The Morgan fingerprint density at radius 2 is 2.11 bits per heavy atom. The van der Waals surface area contributed by atoms with Crippen molar-refractivity contribution < 1.29 is 22.7 Å². The third-order valence-electron chi connectivity index (χ3n) is 2.19. The zero-order valence-electron chi connectivity index (χ0n) is 10.2. The Kier molecular flexibility index (Phi) is 5.47. The SMILES string of the molecule is Nc1cccc(OCCNC(=O)CCC(F)(F)F)c1. The van der Waals surface area contributed by atoms with Gasteiger partial charge in [-0.15, -0.1) is 0 Å². The van der Waals surface area contributed by atoms with Gasteiger partial charge in [0.15, 0.2) is 0 Å². The van der Waals surface area contributed by atoms with Gasteiger partial charge in [-0.1, -0.05) is 6.07 Å². The first kappa shape index (κ1) is 15.1. The number of nitrogens with two attached hydrogens (primary N) is 1. The topological polar surface area (TPSA) is 64.3 Å². The van der Waals surface area contributed by atoms with E-state index in [9.17, 15) is 18.0 Å². The summed E-state index contributed by atoms with van der Waals surface area (Å²) in [5.41, 5.74) is 6.08. The molecule has 0 unspecified atom stereocenters. The number of hydrogen-bond donors (Lipinski definition) is 2. The molecule has 1 rings (SSSR count). The third kappa shape index (κ3) is 7.17. The fourth-order valence-electron chi connectivity index (χ4n) is 1.31. The van der Waals surface area contributed by atoms with Crippen LogP contribution in [0.15, 0.2) is 24.3 Å². The van der Waals surface area contributed by atoms with Crippen molar-refractivity contribution in [3.8, 4) is 5.75 Å². The highest BCUT2D eigenvalue weighted by Gasteiger charge is 2.27. The molecule has 1 amide bonds. The van der Waals surface area contributed by atoms with Crippen molar-refractivity contribution in [2.24, 2.45) is 0 Å². The minimum Gasteiger partial charge on any atom is -0.492 e. The molecule has 0 heterocycles. The average Bonchev–Trinajstić information content (AvgIpc) is 2.31. The van der Waals surface area contributed by atoms with Gasteiger partial charge in [-0.25, -0.2) is 0 Å². The molecular weight excluding hydrogens is 261 g/mol. The van der Waals surface area contributed by atoms with Crippen molar-refractivity contribution >= 4 is 11.6 Å². The maximum atomic E-state index is 11.8. The number of rotatable bonds is 6. The summed E-state index contributed by atoms with van der Waals surface area (Å²) in [6.07, 6.45) is -5.99. The highest BCUT2D eigenvalue weighted by Crippen LogP contribution is 2.20. The van der Waals surface area contributed by atoms with Crippen LogP contribution in [0.4, 0.5) is 18.9 Å². The van der Waals surface area contributed by atoms with Gasteiger partial charge in [0.2, 0.25) is 5.91 Å². The lowest BCUT2D eigenvalue weighted by Gasteiger charge is -2.09. The monoisotopic (exact) mass is 276 g/mol. The lowest BCUT2D eigenvalue weighted by molar-refractivity contribution is -0.144. The summed E-state index contributed by atoms with van der Waals surface area (Å²) in [6.45, 7) is 0.312. The fraction of sp³-hybridized carbons (Fsp3) is 0.417. The molecule has 0 aliphatic rings. The van der Waals surface area contributed by atoms with Gasteiger partial charge in [0, 0.05) is 18.2 Å². The van der Waals surface area contributed by atoms with Crippen LogP contribution < -0.4 is 15.8 Å². The van der Waals surface area contributed by atoms with Gasteiger partial charge >= 0.3 is 6.18 Å². The zero-order chi connectivity index (χ0) is 14.3. The Hall–Kier alpha value is -1.92. The predicted octanol–water partition coefficient (Wildman–Crippen LogP) is 2.11. The quantitative estimate of drug-likeness (QED) is 0.618. The smallest absolute Gasteiger partial charge is 0.389 e. The summed E-state index contributed by atoms with van der Waals surface area (Å²) in [5, 5.41) is 2.34. The van der Waals surface area contributed by atoms with Gasteiger partial charge in [-0.2, -0.15) is 13.2 Å². The molecule has 7 heteroatoms. The minimum absolute atomic E-state index is 0.144. The summed E-state index contributed by atoms with van der Waals surface area (Å²) in [6, 6.07) is 6.73. The van der Waals surface area contributed by atoms with Gasteiger partial charge in [-0.05, 0) is 12.1 Å². The van der Waals surface area contributed by atoms with Crippen molar-refractivity contribution in [1.82, 2.24) is 5.32 Å². The summed E-state index contributed by atoms with van der Waals surface area (Å²) in [5.74, 6) is -0.0990. The molecule has 0 radical (unpaired) electrons. The van der Waals surface area contributed by atoms with Crippen LogP contribution in [0.5, 0.6) is 5.75 Å². The molecule has 106 valence electrons. The van der Waals surface area contributed by atoms with E-state index in [0.717, 1.165) is 0 Å². The molecular formula is C12H15F3N2O2. The van der Waals surface area contributed by atoms with Crippen LogP contribution in [-0.4, -0.2) is 25.2 Å². The lowest BCUT2D eigenvalue weighted by Crippen LogP contribution is -2.29. The molecule has 0 atom stereocenters. The molecule has 19 heavy (non-hydrogen) atoms. The highest BCUT2D eigenvalue weighted by molar-refractivity contribution is 5.75. The van der Waals surface area contributed by atoms with E-state index in [1.807, 2.05) is 0 Å². The van der Waals surface area contributed by atoms with E-state index in [2.05, 4.69) is 5.32 Å². The van der Waals surface area contributed by atoms with Crippen LogP contribution in [0.2, 0.25) is 0 Å². The van der Waals surface area contributed by atoms with E-state index in [4.69, 9.17) is 10.5 Å². The van der Waals surface area contributed by atoms with Gasteiger partial charge in [0.05, 0.1) is 13.0 Å². The minimum atomic E-state index is -4.31. The summed E-state index contributed by atoms with van der Waals surface area (Å²) in [7, 11) is 0. The van der Waals surface area contributed by atoms with Crippen LogP contribution in [0, 0.1) is 0 Å². The number of anilines is 1. The molecule has 0 aliphatic heterocycles. The van der Waals surface area contributed by atoms with E-state index >= 15 is 0 Å². The van der Waals surface area contributed by atoms with E-state index in [-0.39, 0.29) is 13.2 Å². The van der Waals surface area contributed by atoms with Crippen molar-refractivity contribution in [3.63, 3.8) is 0 Å². The van der Waals surface area contributed by atoms with Crippen molar-refractivity contribution in [2.75, 3.05) is 18.9 Å². The number of nitrogens with one attached hydrogen (secondary N) is 1. The third-order valence-corrected chi connectivity index (χ3v) is 2.19. The van der Waals surface area contributed by atoms with Crippen LogP contribution in [0.1, 0.15) is 12.8 Å². The first-order valence-corrected chi connectivity index (χ1v) is 5.68. The number of halogens is 3. The summed E-state index contributed by atoms with van der Waals surface area (Å²) in [4.78, 5) is 11.1. The van der Waals surface area contributed by atoms with Crippen molar-refractivity contribution in [3.05, 3.63) is 24.3 Å². The summed E-state index contributed by atoms with van der Waals surface area (Å²) < 4.78 is 40.8. The van der Waals surface area contributed by atoms with Gasteiger partial charge < -0.3 is 15.8 Å². The Bertz CT molecular complexity index is 422. The largest absolute Gasteiger partial charge is 0.492 e. The second-order valence-corrected chi connectivity index (χ2v) is 3.89. The molecule has 0 fully saturated rings. The van der Waals surface area contributed by atoms with E-state index in [1.165, 1.54) is 0 Å². The molecule has 4 nitrogen and oxygen atoms in total.